The second-order valence-electron chi connectivity index (χ2n) is 12.8. The Balaban J connectivity index is 0.000000280. The van der Waals surface area contributed by atoms with Crippen LogP contribution >= 0.6 is 0 Å². The Labute approximate surface area is 348 Å². The number of ketones is 4. The SMILES string of the molecule is C1CNCCN1.COc1cc(/C=C/C(=O)CC(=O)/C=C/c2ccc(O)c(OC)c2)ccc1O.COc1cc(/C=C/C(=O)CC(=O)/C=C/c2ccc(O)c(OC)c2)ccc1O. The Morgan fingerprint density at radius 3 is 0.833 bits per heavy atom. The lowest BCUT2D eigenvalue weighted by Crippen LogP contribution is -2.39. The molecule has 1 fully saturated rings. The van der Waals surface area contributed by atoms with Crippen molar-refractivity contribution < 1.29 is 58.6 Å². The first-order chi connectivity index (χ1) is 28.8. The van der Waals surface area contributed by atoms with Gasteiger partial charge in [-0.1, -0.05) is 48.6 Å². The molecule has 0 saturated carbocycles. The van der Waals surface area contributed by atoms with Crippen molar-refractivity contribution in [3.63, 3.8) is 0 Å². The van der Waals surface area contributed by atoms with Crippen molar-refractivity contribution >= 4 is 47.4 Å². The second kappa shape index (κ2) is 25.3. The van der Waals surface area contributed by atoms with Gasteiger partial charge in [0.15, 0.2) is 69.1 Å². The van der Waals surface area contributed by atoms with Crippen molar-refractivity contribution in [2.24, 2.45) is 0 Å². The van der Waals surface area contributed by atoms with E-state index in [1.165, 1.54) is 77.0 Å². The summed E-state index contributed by atoms with van der Waals surface area (Å²) in [5, 5.41) is 44.6. The largest absolute Gasteiger partial charge is 0.504 e. The van der Waals surface area contributed by atoms with Crippen LogP contribution < -0.4 is 29.6 Å². The number of hydrogen-bond acceptors (Lipinski definition) is 14. The van der Waals surface area contributed by atoms with Crippen LogP contribution in [0.25, 0.3) is 24.3 Å². The van der Waals surface area contributed by atoms with Crippen LogP contribution in [0.5, 0.6) is 46.0 Å². The number of benzene rings is 4. The molecule has 1 aliphatic heterocycles. The van der Waals surface area contributed by atoms with Crippen LogP contribution in [-0.2, 0) is 19.2 Å². The van der Waals surface area contributed by atoms with Crippen molar-refractivity contribution in [1.82, 2.24) is 10.6 Å². The predicted octanol–water partition coefficient (Wildman–Crippen LogP) is 5.92. The van der Waals surface area contributed by atoms with E-state index >= 15 is 0 Å². The first kappa shape index (κ1) is 47.2. The molecule has 6 N–H and O–H groups in total. The normalized spacial score (nSPS) is 12.3. The summed E-state index contributed by atoms with van der Waals surface area (Å²) in [5.74, 6) is -0.166. The van der Waals surface area contributed by atoms with Gasteiger partial charge in [-0.2, -0.15) is 0 Å². The molecule has 0 bridgehead atoms. The molecule has 0 spiro atoms. The predicted molar refractivity (Wildman–Crippen MR) is 230 cm³/mol. The maximum atomic E-state index is 11.9. The summed E-state index contributed by atoms with van der Waals surface area (Å²) in [4.78, 5) is 47.7. The molecule has 60 heavy (non-hydrogen) atoms. The number of nitrogens with one attached hydrogen (secondary N) is 2. The number of carbonyl (C=O) groups excluding carboxylic acids is 4. The van der Waals surface area contributed by atoms with Crippen molar-refractivity contribution in [2.45, 2.75) is 12.8 Å². The summed E-state index contributed by atoms with van der Waals surface area (Å²) >= 11 is 0. The van der Waals surface area contributed by atoms with Gasteiger partial charge in [0.25, 0.3) is 0 Å². The quantitative estimate of drug-likeness (QED) is 0.0573. The molecule has 316 valence electrons. The highest BCUT2D eigenvalue weighted by Gasteiger charge is 2.08. The molecule has 1 saturated heterocycles. The Morgan fingerprint density at radius 2 is 0.650 bits per heavy atom. The summed E-state index contributed by atoms with van der Waals surface area (Å²) in [5.41, 5.74) is 2.66. The van der Waals surface area contributed by atoms with E-state index < -0.39 is 0 Å². The summed E-state index contributed by atoms with van der Waals surface area (Å²) in [6.45, 7) is 4.56. The van der Waals surface area contributed by atoms with Crippen LogP contribution in [-0.4, -0.2) is 98.2 Å². The first-order valence-electron chi connectivity index (χ1n) is 18.6. The number of methoxy groups -OCH3 is 4. The standard InChI is InChI=1S/2C21H20O6.C4H10N2/c2*1-26-20-11-14(5-9-18(20)24)3-7-16(22)13-17(23)8-4-15-6-10-19(25)21(12-15)27-2;1-2-6-4-3-5-1/h2*3-12,24-25H,13H2,1-2H3;5-6H,1-4H2/b2*7-3+,8-4+;. The number of hydrogen-bond donors (Lipinski definition) is 6. The smallest absolute Gasteiger partial charge is 0.163 e. The van der Waals surface area contributed by atoms with Gasteiger partial charge < -0.3 is 50.0 Å². The molecule has 0 radical (unpaired) electrons. The van der Waals surface area contributed by atoms with Crippen LogP contribution in [0.15, 0.2) is 97.1 Å². The summed E-state index contributed by atoms with van der Waals surface area (Å²) in [6, 6.07) is 18.7. The zero-order valence-electron chi connectivity index (χ0n) is 33.8. The third kappa shape index (κ3) is 16.7. The highest BCUT2D eigenvalue weighted by Crippen LogP contribution is 2.29. The minimum Gasteiger partial charge on any atom is -0.504 e. The fraction of sp³-hybridized carbons (Fsp3) is 0.217. The summed E-state index contributed by atoms with van der Waals surface area (Å²) < 4.78 is 20.0. The van der Waals surface area contributed by atoms with E-state index in [9.17, 15) is 39.6 Å². The molecule has 5 rings (SSSR count). The first-order valence-corrected chi connectivity index (χ1v) is 18.6. The maximum absolute atomic E-state index is 11.9. The van der Waals surface area contributed by atoms with Crippen molar-refractivity contribution in [3.8, 4) is 46.0 Å². The molecule has 0 atom stereocenters. The Bertz CT molecular complexity index is 1900. The van der Waals surface area contributed by atoms with Gasteiger partial charge >= 0.3 is 0 Å². The average Bonchev–Trinajstić information content (AvgIpc) is 3.26. The average molecular weight is 823 g/mol. The minimum atomic E-state index is -0.347. The van der Waals surface area contributed by atoms with Crippen molar-refractivity contribution in [1.29, 1.82) is 0 Å². The lowest BCUT2D eigenvalue weighted by molar-refractivity contribution is -0.123. The van der Waals surface area contributed by atoms with Crippen LogP contribution in [0.3, 0.4) is 0 Å². The topological polar surface area (TPSA) is 210 Å². The third-order valence-electron chi connectivity index (χ3n) is 8.32. The second-order valence-corrected chi connectivity index (χ2v) is 12.8. The molecule has 14 heteroatoms. The van der Waals surface area contributed by atoms with Gasteiger partial charge in [-0.05, 0) is 95.1 Å². The molecule has 1 heterocycles. The van der Waals surface area contributed by atoms with Gasteiger partial charge in [0.05, 0.1) is 41.3 Å². The van der Waals surface area contributed by atoms with Crippen LogP contribution in [0, 0.1) is 0 Å². The molecule has 0 aliphatic carbocycles. The number of phenolic OH excluding ortho intramolecular Hbond substituents is 4. The minimum absolute atomic E-state index is 0.00662. The molecule has 1 aliphatic rings. The number of aromatic hydroxyl groups is 4. The molecule has 0 aromatic heterocycles. The zero-order chi connectivity index (χ0) is 43.9. The Morgan fingerprint density at radius 1 is 0.433 bits per heavy atom. The Kier molecular flexibility index (Phi) is 19.9. The van der Waals surface area contributed by atoms with Gasteiger partial charge in [-0.3, -0.25) is 19.2 Å². The lowest BCUT2D eigenvalue weighted by atomic mass is 10.1. The fourth-order valence-corrected chi connectivity index (χ4v) is 5.13. The number of piperazine rings is 1. The number of rotatable bonds is 16. The third-order valence-corrected chi connectivity index (χ3v) is 8.32. The molecule has 4 aromatic rings. The van der Waals surface area contributed by atoms with E-state index in [1.807, 2.05) is 0 Å². The van der Waals surface area contributed by atoms with E-state index in [0.717, 1.165) is 26.2 Å². The van der Waals surface area contributed by atoms with Crippen LogP contribution in [0.2, 0.25) is 0 Å². The summed E-state index contributed by atoms with van der Waals surface area (Å²) in [6.07, 6.45) is 10.9. The number of ether oxygens (including phenoxy) is 4. The van der Waals surface area contributed by atoms with Crippen LogP contribution in [0.4, 0.5) is 0 Å². The van der Waals surface area contributed by atoms with Crippen molar-refractivity contribution in [2.75, 3.05) is 54.6 Å². The monoisotopic (exact) mass is 822 g/mol. The van der Waals surface area contributed by atoms with E-state index in [1.54, 1.807) is 72.8 Å². The molecule has 14 nitrogen and oxygen atoms in total. The number of phenols is 4. The van der Waals surface area contributed by atoms with Crippen molar-refractivity contribution in [3.05, 3.63) is 119 Å². The van der Waals surface area contributed by atoms with Gasteiger partial charge in [0.1, 0.15) is 0 Å². The molecule has 4 aromatic carbocycles. The Hall–Kier alpha value is -7.16. The van der Waals surface area contributed by atoms with Gasteiger partial charge in [0, 0.05) is 26.2 Å². The van der Waals surface area contributed by atoms with E-state index in [4.69, 9.17) is 18.9 Å². The van der Waals surface area contributed by atoms with E-state index in [-0.39, 0.29) is 59.0 Å². The van der Waals surface area contributed by atoms with Gasteiger partial charge in [0.2, 0.25) is 0 Å². The highest BCUT2D eigenvalue weighted by atomic mass is 16.5. The molecular formula is C46H50N2O12. The van der Waals surface area contributed by atoms with E-state index in [0.29, 0.717) is 45.3 Å². The zero-order valence-corrected chi connectivity index (χ0v) is 33.8. The fourth-order valence-electron chi connectivity index (χ4n) is 5.13. The molecule has 0 unspecified atom stereocenters. The molecular weight excluding hydrogens is 773 g/mol. The lowest BCUT2D eigenvalue weighted by Gasteiger charge is -2.11. The maximum Gasteiger partial charge on any atom is 0.163 e. The number of allylic oxidation sites excluding steroid dienone is 4. The molecule has 0 amide bonds. The van der Waals surface area contributed by atoms with Gasteiger partial charge in [-0.15, -0.1) is 0 Å². The number of carbonyl (C=O) groups is 4. The summed E-state index contributed by atoms with van der Waals surface area (Å²) in [7, 11) is 5.73. The van der Waals surface area contributed by atoms with Gasteiger partial charge in [-0.25, -0.2) is 0 Å². The van der Waals surface area contributed by atoms with Crippen LogP contribution in [0.1, 0.15) is 35.1 Å². The highest BCUT2D eigenvalue weighted by molar-refractivity contribution is 6.11. The van der Waals surface area contributed by atoms with E-state index in [2.05, 4.69) is 10.6 Å².